The van der Waals surface area contributed by atoms with Gasteiger partial charge in [-0.05, 0) is 64.8 Å². The average Bonchev–Trinajstić information content (AvgIpc) is 2.78. The standard InChI is InChI=1S/C14H14BrClFNO/c1-3-18-14(12-4-5-13(15)19-12)9-6-8(2)11(17)7-10(9)16/h4-7,14,18H,3H2,1-2H3. The first-order valence-corrected chi connectivity index (χ1v) is 7.14. The van der Waals surface area contributed by atoms with E-state index >= 15 is 0 Å². The molecule has 1 N–H and O–H groups in total. The molecular formula is C14H14BrClFNO. The molecule has 0 aliphatic carbocycles. The van der Waals surface area contributed by atoms with Gasteiger partial charge in [-0.3, -0.25) is 0 Å². The van der Waals surface area contributed by atoms with Crippen LogP contribution < -0.4 is 5.32 Å². The Morgan fingerprint density at radius 3 is 2.74 bits per heavy atom. The van der Waals surface area contributed by atoms with Crippen molar-refractivity contribution >= 4 is 27.5 Å². The number of halogens is 3. The van der Waals surface area contributed by atoms with Crippen LogP contribution in [0.5, 0.6) is 0 Å². The van der Waals surface area contributed by atoms with Crippen molar-refractivity contribution in [2.24, 2.45) is 0 Å². The number of rotatable bonds is 4. The monoisotopic (exact) mass is 345 g/mol. The molecule has 0 bridgehead atoms. The normalized spacial score (nSPS) is 12.7. The molecule has 2 nitrogen and oxygen atoms in total. The van der Waals surface area contributed by atoms with Crippen molar-refractivity contribution < 1.29 is 8.81 Å². The molecule has 1 heterocycles. The summed E-state index contributed by atoms with van der Waals surface area (Å²) >= 11 is 9.44. The number of hydrogen-bond acceptors (Lipinski definition) is 2. The highest BCUT2D eigenvalue weighted by atomic mass is 79.9. The maximum Gasteiger partial charge on any atom is 0.169 e. The van der Waals surface area contributed by atoms with E-state index < -0.39 is 0 Å². The fourth-order valence-corrected chi connectivity index (χ4v) is 2.53. The Hall–Kier alpha value is -0.840. The Bertz CT molecular complexity index is 585. The fourth-order valence-electron chi connectivity index (χ4n) is 1.95. The lowest BCUT2D eigenvalue weighted by atomic mass is 10.0. The molecule has 2 aromatic rings. The summed E-state index contributed by atoms with van der Waals surface area (Å²) in [4.78, 5) is 0. The van der Waals surface area contributed by atoms with Gasteiger partial charge in [0, 0.05) is 5.02 Å². The summed E-state index contributed by atoms with van der Waals surface area (Å²) in [7, 11) is 0. The van der Waals surface area contributed by atoms with E-state index in [1.165, 1.54) is 6.07 Å². The van der Waals surface area contributed by atoms with E-state index in [1.807, 2.05) is 19.1 Å². The van der Waals surface area contributed by atoms with Gasteiger partial charge in [-0.25, -0.2) is 4.39 Å². The van der Waals surface area contributed by atoms with Gasteiger partial charge in [0.25, 0.3) is 0 Å². The molecule has 102 valence electrons. The minimum atomic E-state index is -0.301. The van der Waals surface area contributed by atoms with Crippen LogP contribution in [0.4, 0.5) is 4.39 Å². The summed E-state index contributed by atoms with van der Waals surface area (Å²) in [5.41, 5.74) is 1.37. The average molecular weight is 347 g/mol. The third kappa shape index (κ3) is 3.19. The van der Waals surface area contributed by atoms with Crippen LogP contribution in [-0.4, -0.2) is 6.54 Å². The first-order valence-electron chi connectivity index (χ1n) is 5.97. The first-order chi connectivity index (χ1) is 9.02. The van der Waals surface area contributed by atoms with Crippen molar-refractivity contribution in [3.8, 4) is 0 Å². The maximum absolute atomic E-state index is 13.5. The second-order valence-electron chi connectivity index (χ2n) is 4.26. The van der Waals surface area contributed by atoms with E-state index in [0.717, 1.165) is 17.9 Å². The minimum Gasteiger partial charge on any atom is -0.452 e. The highest BCUT2D eigenvalue weighted by molar-refractivity contribution is 9.10. The number of aryl methyl sites for hydroxylation is 1. The molecule has 0 fully saturated rings. The zero-order valence-corrected chi connectivity index (χ0v) is 13.0. The van der Waals surface area contributed by atoms with Gasteiger partial charge in [0.15, 0.2) is 4.67 Å². The molecule has 5 heteroatoms. The topological polar surface area (TPSA) is 25.2 Å². The predicted molar refractivity (Wildman–Crippen MR) is 78.1 cm³/mol. The summed E-state index contributed by atoms with van der Waals surface area (Å²) in [6.07, 6.45) is 0. The molecule has 0 radical (unpaired) electrons. The zero-order chi connectivity index (χ0) is 14.0. The van der Waals surface area contributed by atoms with E-state index in [9.17, 15) is 4.39 Å². The van der Waals surface area contributed by atoms with Crippen molar-refractivity contribution in [1.29, 1.82) is 0 Å². The van der Waals surface area contributed by atoms with Crippen LogP contribution in [0, 0.1) is 12.7 Å². The van der Waals surface area contributed by atoms with Crippen molar-refractivity contribution in [3.05, 3.63) is 56.7 Å². The Balaban J connectivity index is 2.47. The lowest BCUT2D eigenvalue weighted by molar-refractivity contribution is 0.437. The SMILES string of the molecule is CCNC(c1ccc(Br)o1)c1cc(C)c(F)cc1Cl. The Morgan fingerprint density at radius 2 is 2.16 bits per heavy atom. The molecule has 1 unspecified atom stereocenters. The molecule has 2 rings (SSSR count). The Morgan fingerprint density at radius 1 is 1.42 bits per heavy atom. The van der Waals surface area contributed by atoms with Gasteiger partial charge in [0.1, 0.15) is 11.6 Å². The molecule has 1 aromatic heterocycles. The van der Waals surface area contributed by atoms with Crippen LogP contribution >= 0.6 is 27.5 Å². The Kier molecular flexibility index (Phi) is 4.66. The summed E-state index contributed by atoms with van der Waals surface area (Å²) < 4.78 is 19.7. The molecular weight excluding hydrogens is 333 g/mol. The largest absolute Gasteiger partial charge is 0.452 e. The molecule has 1 atom stereocenters. The second-order valence-corrected chi connectivity index (χ2v) is 5.44. The fraction of sp³-hybridized carbons (Fsp3) is 0.286. The number of hydrogen-bond donors (Lipinski definition) is 1. The van der Waals surface area contributed by atoms with Crippen LogP contribution in [0.1, 0.15) is 29.9 Å². The minimum absolute atomic E-state index is 0.192. The van der Waals surface area contributed by atoms with Crippen LogP contribution in [0.15, 0.2) is 33.4 Å². The Labute approximate surface area is 125 Å². The number of furan rings is 1. The summed E-state index contributed by atoms with van der Waals surface area (Å²) in [5.74, 6) is 0.436. The van der Waals surface area contributed by atoms with Gasteiger partial charge in [0.05, 0.1) is 6.04 Å². The van der Waals surface area contributed by atoms with E-state index in [1.54, 1.807) is 13.0 Å². The van der Waals surface area contributed by atoms with Gasteiger partial charge in [0.2, 0.25) is 0 Å². The van der Waals surface area contributed by atoms with E-state index in [0.29, 0.717) is 15.3 Å². The molecule has 0 saturated carbocycles. The third-order valence-corrected chi connectivity index (χ3v) is 3.63. The number of nitrogens with one attached hydrogen (secondary N) is 1. The summed E-state index contributed by atoms with van der Waals surface area (Å²) in [6, 6.07) is 6.59. The zero-order valence-electron chi connectivity index (χ0n) is 10.6. The quantitative estimate of drug-likeness (QED) is 0.857. The van der Waals surface area contributed by atoms with Crippen molar-refractivity contribution in [2.45, 2.75) is 19.9 Å². The summed E-state index contributed by atoms with van der Waals surface area (Å²) in [6.45, 7) is 4.46. The van der Waals surface area contributed by atoms with Crippen molar-refractivity contribution in [1.82, 2.24) is 5.32 Å². The highest BCUT2D eigenvalue weighted by Crippen LogP contribution is 2.32. The molecule has 0 saturated heterocycles. The smallest absolute Gasteiger partial charge is 0.169 e. The molecule has 1 aromatic carbocycles. The van der Waals surface area contributed by atoms with Gasteiger partial charge in [-0.1, -0.05) is 18.5 Å². The highest BCUT2D eigenvalue weighted by Gasteiger charge is 2.20. The second kappa shape index (κ2) is 6.07. The molecule has 19 heavy (non-hydrogen) atoms. The maximum atomic E-state index is 13.5. The van der Waals surface area contributed by atoms with Gasteiger partial charge >= 0.3 is 0 Å². The lowest BCUT2D eigenvalue weighted by Gasteiger charge is -2.18. The van der Waals surface area contributed by atoms with Gasteiger partial charge < -0.3 is 9.73 Å². The van der Waals surface area contributed by atoms with E-state index in [-0.39, 0.29) is 11.9 Å². The molecule has 0 amide bonds. The van der Waals surface area contributed by atoms with Crippen molar-refractivity contribution in [2.75, 3.05) is 6.54 Å². The van der Waals surface area contributed by atoms with Gasteiger partial charge in [-0.2, -0.15) is 0 Å². The first kappa shape index (κ1) is 14.6. The number of benzene rings is 1. The third-order valence-electron chi connectivity index (χ3n) is 2.88. The molecule has 0 aliphatic rings. The van der Waals surface area contributed by atoms with Crippen LogP contribution in [0.2, 0.25) is 5.02 Å². The van der Waals surface area contributed by atoms with Crippen LogP contribution in [-0.2, 0) is 0 Å². The predicted octanol–water partition coefficient (Wildman–Crippen LogP) is 4.84. The summed E-state index contributed by atoms with van der Waals surface area (Å²) in [5, 5.41) is 3.68. The molecule has 0 aliphatic heterocycles. The van der Waals surface area contributed by atoms with Crippen LogP contribution in [0.3, 0.4) is 0 Å². The van der Waals surface area contributed by atoms with E-state index in [2.05, 4.69) is 21.2 Å². The lowest BCUT2D eigenvalue weighted by Crippen LogP contribution is -2.22. The van der Waals surface area contributed by atoms with Crippen molar-refractivity contribution in [3.63, 3.8) is 0 Å². The van der Waals surface area contributed by atoms with Gasteiger partial charge in [-0.15, -0.1) is 0 Å². The van der Waals surface area contributed by atoms with E-state index in [4.69, 9.17) is 16.0 Å². The van der Waals surface area contributed by atoms with Crippen LogP contribution in [0.25, 0.3) is 0 Å². The molecule has 0 spiro atoms.